The number of hydrogen-bond donors (Lipinski definition) is 3. The van der Waals surface area contributed by atoms with Crippen LogP contribution in [0, 0.1) is 0 Å². The van der Waals surface area contributed by atoms with E-state index in [2.05, 4.69) is 10.0 Å². The highest BCUT2D eigenvalue weighted by molar-refractivity contribution is 7.89. The largest absolute Gasteiger partial charge is 0.480 e. The zero-order valence-corrected chi connectivity index (χ0v) is 14.7. The zero-order chi connectivity index (χ0) is 18.2. The summed E-state index contributed by atoms with van der Waals surface area (Å²) in [5.41, 5.74) is 0.806. The number of carbonyl (C=O) groups is 2. The Morgan fingerprint density at radius 3 is 2.33 bits per heavy atom. The van der Waals surface area contributed by atoms with Crippen LogP contribution in [0.3, 0.4) is 0 Å². The molecule has 0 fully saturated rings. The van der Waals surface area contributed by atoms with E-state index in [-0.39, 0.29) is 17.2 Å². The van der Waals surface area contributed by atoms with E-state index >= 15 is 0 Å². The van der Waals surface area contributed by atoms with Crippen LogP contribution in [-0.2, 0) is 26.0 Å². The lowest BCUT2D eigenvalue weighted by Crippen LogP contribution is -2.40. The van der Waals surface area contributed by atoms with Gasteiger partial charge in [0.2, 0.25) is 15.9 Å². The fourth-order valence-corrected chi connectivity index (χ4v) is 2.87. The molecule has 0 aromatic heterocycles. The molecular formula is C16H24N2O5S. The summed E-state index contributed by atoms with van der Waals surface area (Å²) < 4.78 is 25.5. The van der Waals surface area contributed by atoms with E-state index in [9.17, 15) is 18.0 Å². The van der Waals surface area contributed by atoms with Crippen LogP contribution in [0.2, 0.25) is 0 Å². The molecule has 1 amide bonds. The minimum absolute atomic E-state index is 0.147. The van der Waals surface area contributed by atoms with Crippen molar-refractivity contribution in [1.29, 1.82) is 0 Å². The van der Waals surface area contributed by atoms with Gasteiger partial charge in [-0.3, -0.25) is 4.79 Å². The summed E-state index contributed by atoms with van der Waals surface area (Å²) in [6.07, 6.45) is 2.56. The smallest absolute Gasteiger partial charge is 0.326 e. The average Bonchev–Trinajstić information content (AvgIpc) is 2.56. The van der Waals surface area contributed by atoms with Crippen LogP contribution >= 0.6 is 0 Å². The van der Waals surface area contributed by atoms with Crippen LogP contribution in [-0.4, -0.2) is 38.5 Å². The number of carboxylic acids is 1. The van der Waals surface area contributed by atoms with Gasteiger partial charge >= 0.3 is 5.97 Å². The van der Waals surface area contributed by atoms with Gasteiger partial charge in [-0.1, -0.05) is 31.9 Å². The second kappa shape index (κ2) is 9.39. The van der Waals surface area contributed by atoms with Gasteiger partial charge in [-0.2, -0.15) is 0 Å². The lowest BCUT2D eigenvalue weighted by atomic mass is 10.1. The molecule has 1 aromatic carbocycles. The van der Waals surface area contributed by atoms with Gasteiger partial charge in [0.25, 0.3) is 0 Å². The summed E-state index contributed by atoms with van der Waals surface area (Å²) in [4.78, 5) is 23.1. The molecule has 1 unspecified atom stereocenters. The topological polar surface area (TPSA) is 113 Å². The number of benzene rings is 1. The Hall–Kier alpha value is -1.93. The summed E-state index contributed by atoms with van der Waals surface area (Å²) in [6, 6.07) is 5.37. The molecule has 24 heavy (non-hydrogen) atoms. The first-order chi connectivity index (χ1) is 11.3. The lowest BCUT2D eigenvalue weighted by Gasteiger charge is -2.14. The number of carbonyl (C=O) groups excluding carboxylic acids is 1. The van der Waals surface area contributed by atoms with Crippen molar-refractivity contribution in [2.75, 3.05) is 7.05 Å². The normalized spacial score (nSPS) is 12.6. The third-order valence-electron chi connectivity index (χ3n) is 3.62. The molecule has 1 aromatic rings. The molecule has 0 heterocycles. The number of unbranched alkanes of at least 4 members (excludes halogenated alkanes) is 1. The SMILES string of the molecule is CCCCC(NC(=O)CCc1ccc(S(=O)(=O)NC)cc1)C(=O)O. The molecule has 0 bridgehead atoms. The summed E-state index contributed by atoms with van der Waals surface area (Å²) >= 11 is 0. The molecule has 0 radical (unpaired) electrons. The molecule has 7 nitrogen and oxygen atoms in total. The minimum atomic E-state index is -3.48. The number of aliphatic carboxylic acids is 1. The van der Waals surface area contributed by atoms with E-state index in [1.165, 1.54) is 19.2 Å². The highest BCUT2D eigenvalue weighted by Crippen LogP contribution is 2.11. The van der Waals surface area contributed by atoms with Gasteiger partial charge in [-0.15, -0.1) is 0 Å². The van der Waals surface area contributed by atoms with Gasteiger partial charge in [0.1, 0.15) is 6.04 Å². The van der Waals surface area contributed by atoms with Crippen molar-refractivity contribution >= 4 is 21.9 Å². The van der Waals surface area contributed by atoms with Crippen LogP contribution in [0.25, 0.3) is 0 Å². The monoisotopic (exact) mass is 356 g/mol. The van der Waals surface area contributed by atoms with E-state index in [4.69, 9.17) is 5.11 Å². The van der Waals surface area contributed by atoms with Crippen molar-refractivity contribution < 1.29 is 23.1 Å². The Bertz CT molecular complexity index is 656. The molecule has 0 aliphatic rings. The standard InChI is InChI=1S/C16H24N2O5S/c1-3-4-5-14(16(20)21)18-15(19)11-8-12-6-9-13(10-7-12)24(22,23)17-2/h6-7,9-10,14,17H,3-5,8,11H2,1-2H3,(H,18,19)(H,20,21). The maximum absolute atomic E-state index is 11.9. The first-order valence-electron chi connectivity index (χ1n) is 7.84. The minimum Gasteiger partial charge on any atom is -0.480 e. The number of amides is 1. The number of aryl methyl sites for hydroxylation is 1. The molecule has 8 heteroatoms. The van der Waals surface area contributed by atoms with Crippen molar-refractivity contribution in [3.63, 3.8) is 0 Å². The Morgan fingerprint density at radius 1 is 1.21 bits per heavy atom. The molecular weight excluding hydrogens is 332 g/mol. The van der Waals surface area contributed by atoms with Crippen molar-refractivity contribution in [2.24, 2.45) is 0 Å². The molecule has 134 valence electrons. The highest BCUT2D eigenvalue weighted by atomic mass is 32.2. The van der Waals surface area contributed by atoms with Crippen molar-refractivity contribution in [3.05, 3.63) is 29.8 Å². The maximum Gasteiger partial charge on any atom is 0.326 e. The first-order valence-corrected chi connectivity index (χ1v) is 9.33. The van der Waals surface area contributed by atoms with Crippen LogP contribution in [0.5, 0.6) is 0 Å². The summed E-state index contributed by atoms with van der Waals surface area (Å²) in [7, 11) is -2.14. The summed E-state index contributed by atoms with van der Waals surface area (Å²) in [6.45, 7) is 1.96. The molecule has 0 aliphatic carbocycles. The second-order valence-corrected chi connectivity index (χ2v) is 7.34. The number of carboxylic acid groups (broad SMARTS) is 1. The Labute approximate surface area is 142 Å². The van der Waals surface area contributed by atoms with Crippen molar-refractivity contribution in [1.82, 2.24) is 10.0 Å². The fraction of sp³-hybridized carbons (Fsp3) is 0.500. The zero-order valence-electron chi connectivity index (χ0n) is 13.9. The molecule has 0 saturated heterocycles. The summed E-state index contributed by atoms with van der Waals surface area (Å²) in [5, 5.41) is 11.6. The van der Waals surface area contributed by atoms with Crippen LogP contribution < -0.4 is 10.0 Å². The van der Waals surface area contributed by atoms with Crippen LogP contribution in [0.4, 0.5) is 0 Å². The third kappa shape index (κ3) is 6.29. The van der Waals surface area contributed by atoms with E-state index in [0.717, 1.165) is 18.4 Å². The Balaban J connectivity index is 2.56. The van der Waals surface area contributed by atoms with Crippen LogP contribution in [0.1, 0.15) is 38.2 Å². The van der Waals surface area contributed by atoms with Gasteiger partial charge in [0, 0.05) is 6.42 Å². The Kier molecular flexibility index (Phi) is 7.87. The molecule has 0 aliphatic heterocycles. The quantitative estimate of drug-likeness (QED) is 0.585. The second-order valence-electron chi connectivity index (χ2n) is 5.45. The van der Waals surface area contributed by atoms with Crippen LogP contribution in [0.15, 0.2) is 29.2 Å². The number of hydrogen-bond acceptors (Lipinski definition) is 4. The van der Waals surface area contributed by atoms with Gasteiger partial charge < -0.3 is 10.4 Å². The third-order valence-corrected chi connectivity index (χ3v) is 5.05. The molecule has 0 spiro atoms. The fourth-order valence-electron chi connectivity index (χ4n) is 2.14. The summed E-state index contributed by atoms with van der Waals surface area (Å²) in [5.74, 6) is -1.36. The van der Waals surface area contributed by atoms with Gasteiger partial charge in [0.15, 0.2) is 0 Å². The van der Waals surface area contributed by atoms with Gasteiger partial charge in [-0.05, 0) is 37.6 Å². The first kappa shape index (κ1) is 20.1. The van der Waals surface area contributed by atoms with Crippen molar-refractivity contribution in [3.8, 4) is 0 Å². The highest BCUT2D eigenvalue weighted by Gasteiger charge is 2.19. The number of nitrogens with one attached hydrogen (secondary N) is 2. The average molecular weight is 356 g/mol. The predicted molar refractivity (Wildman–Crippen MR) is 90.1 cm³/mol. The van der Waals surface area contributed by atoms with Gasteiger partial charge in [-0.25, -0.2) is 17.9 Å². The number of sulfonamides is 1. The predicted octanol–water partition coefficient (Wildman–Crippen LogP) is 1.29. The maximum atomic E-state index is 11.9. The molecule has 1 atom stereocenters. The molecule has 3 N–H and O–H groups in total. The van der Waals surface area contributed by atoms with E-state index in [1.54, 1.807) is 12.1 Å². The molecule has 1 rings (SSSR count). The number of rotatable bonds is 10. The van der Waals surface area contributed by atoms with E-state index in [1.807, 2.05) is 6.92 Å². The lowest BCUT2D eigenvalue weighted by molar-refractivity contribution is -0.142. The Morgan fingerprint density at radius 2 is 1.83 bits per heavy atom. The molecule has 0 saturated carbocycles. The van der Waals surface area contributed by atoms with Crippen molar-refractivity contribution in [2.45, 2.75) is 50.0 Å². The van der Waals surface area contributed by atoms with E-state index in [0.29, 0.717) is 12.8 Å². The van der Waals surface area contributed by atoms with E-state index < -0.39 is 22.0 Å². The van der Waals surface area contributed by atoms with Gasteiger partial charge in [0.05, 0.1) is 4.90 Å².